The Morgan fingerprint density at radius 2 is 2.27 bits per heavy atom. The Morgan fingerprint density at radius 3 is 2.95 bits per heavy atom. The molecule has 1 N–H and O–H groups in total. The van der Waals surface area contributed by atoms with E-state index >= 15 is 0 Å². The van der Waals surface area contributed by atoms with Gasteiger partial charge < -0.3 is 15.0 Å². The van der Waals surface area contributed by atoms with Crippen LogP contribution in [-0.2, 0) is 6.42 Å². The van der Waals surface area contributed by atoms with E-state index in [-0.39, 0.29) is 0 Å². The first-order valence-corrected chi connectivity index (χ1v) is 7.95. The van der Waals surface area contributed by atoms with Crippen LogP contribution in [0.2, 0.25) is 0 Å². The van der Waals surface area contributed by atoms with Gasteiger partial charge in [0.2, 0.25) is 0 Å². The minimum absolute atomic E-state index is 0.698. The molecule has 1 aromatic carbocycles. The molecule has 0 heterocycles. The number of ether oxygens (including phenoxy) is 1. The maximum atomic E-state index is 5.53. The Labute approximate surface area is 134 Å². The predicted octanol–water partition coefficient (Wildman–Crippen LogP) is 3.10. The molecule has 4 nitrogen and oxygen atoms in total. The van der Waals surface area contributed by atoms with Crippen molar-refractivity contribution in [3.8, 4) is 5.75 Å². The molecular formula is C18H29N3O. The molecule has 122 valence electrons. The summed E-state index contributed by atoms with van der Waals surface area (Å²) in [4.78, 5) is 6.48. The number of hydrogen-bond donors (Lipinski definition) is 1. The van der Waals surface area contributed by atoms with Crippen LogP contribution in [0.15, 0.2) is 41.9 Å². The quantitative estimate of drug-likeness (QED) is 0.330. The number of unbranched alkanes of at least 4 members (excludes halogenated alkanes) is 1. The van der Waals surface area contributed by atoms with Crippen LogP contribution in [-0.4, -0.2) is 44.7 Å². The van der Waals surface area contributed by atoms with Crippen molar-refractivity contribution < 1.29 is 4.74 Å². The lowest BCUT2D eigenvalue weighted by molar-refractivity contribution is 0.340. The molecular weight excluding hydrogens is 274 g/mol. The number of benzene rings is 1. The van der Waals surface area contributed by atoms with Crippen LogP contribution in [0.5, 0.6) is 5.75 Å². The van der Waals surface area contributed by atoms with Crippen molar-refractivity contribution in [1.82, 2.24) is 10.2 Å². The van der Waals surface area contributed by atoms with Crippen LogP contribution in [0.1, 0.15) is 25.3 Å². The van der Waals surface area contributed by atoms with Crippen LogP contribution in [0.4, 0.5) is 0 Å². The fourth-order valence-corrected chi connectivity index (χ4v) is 2.24. The summed E-state index contributed by atoms with van der Waals surface area (Å²) in [6.45, 7) is 8.28. The molecule has 0 saturated heterocycles. The third-order valence-corrected chi connectivity index (χ3v) is 3.38. The van der Waals surface area contributed by atoms with Crippen molar-refractivity contribution in [2.75, 3.05) is 33.8 Å². The van der Waals surface area contributed by atoms with Gasteiger partial charge in [-0.05, 0) is 43.9 Å². The van der Waals surface area contributed by atoms with E-state index in [4.69, 9.17) is 4.74 Å². The topological polar surface area (TPSA) is 36.9 Å². The molecule has 0 aromatic heterocycles. The van der Waals surface area contributed by atoms with E-state index in [0.717, 1.165) is 44.1 Å². The summed E-state index contributed by atoms with van der Waals surface area (Å²) in [7, 11) is 3.89. The van der Waals surface area contributed by atoms with Gasteiger partial charge in [-0.1, -0.05) is 18.2 Å². The molecule has 4 heteroatoms. The molecule has 0 spiro atoms. The molecule has 0 radical (unpaired) electrons. The Hall–Kier alpha value is -1.97. The smallest absolute Gasteiger partial charge is 0.193 e. The second-order valence-corrected chi connectivity index (χ2v) is 5.16. The predicted molar refractivity (Wildman–Crippen MR) is 94.7 cm³/mol. The van der Waals surface area contributed by atoms with Crippen LogP contribution >= 0.6 is 0 Å². The summed E-state index contributed by atoms with van der Waals surface area (Å²) in [5.74, 6) is 1.87. The monoisotopic (exact) mass is 303 g/mol. The molecule has 0 atom stereocenters. The average molecular weight is 303 g/mol. The molecule has 1 aromatic rings. The highest BCUT2D eigenvalue weighted by atomic mass is 16.5. The van der Waals surface area contributed by atoms with Gasteiger partial charge in [-0.25, -0.2) is 0 Å². The molecule has 0 aliphatic heterocycles. The molecule has 0 aliphatic carbocycles. The number of rotatable bonds is 9. The van der Waals surface area contributed by atoms with Crippen molar-refractivity contribution >= 4 is 5.96 Å². The van der Waals surface area contributed by atoms with Gasteiger partial charge in [-0.2, -0.15) is 0 Å². The molecule has 0 saturated carbocycles. The average Bonchev–Trinajstić information content (AvgIpc) is 2.52. The van der Waals surface area contributed by atoms with Crippen LogP contribution in [0, 0.1) is 0 Å². The SMILES string of the molecule is C=CCCCN(C)C(=NC)NCCc1cccc(OCC)c1. The number of nitrogens with zero attached hydrogens (tertiary/aromatic N) is 2. The second kappa shape index (κ2) is 10.7. The zero-order chi connectivity index (χ0) is 16.2. The highest BCUT2D eigenvalue weighted by Crippen LogP contribution is 2.13. The summed E-state index contributed by atoms with van der Waals surface area (Å²) < 4.78 is 5.53. The first-order valence-electron chi connectivity index (χ1n) is 7.95. The zero-order valence-electron chi connectivity index (χ0n) is 14.1. The van der Waals surface area contributed by atoms with Gasteiger partial charge in [0.05, 0.1) is 6.61 Å². The number of guanidine groups is 1. The van der Waals surface area contributed by atoms with Gasteiger partial charge in [0.1, 0.15) is 5.75 Å². The van der Waals surface area contributed by atoms with Crippen molar-refractivity contribution in [2.24, 2.45) is 4.99 Å². The summed E-state index contributed by atoms with van der Waals surface area (Å²) in [5, 5.41) is 3.41. The molecule has 0 fully saturated rings. The zero-order valence-corrected chi connectivity index (χ0v) is 14.1. The highest BCUT2D eigenvalue weighted by molar-refractivity contribution is 5.79. The lowest BCUT2D eigenvalue weighted by Crippen LogP contribution is -2.40. The molecule has 0 aliphatic rings. The Bertz CT molecular complexity index is 471. The van der Waals surface area contributed by atoms with E-state index in [1.165, 1.54) is 5.56 Å². The molecule has 0 amide bonds. The largest absolute Gasteiger partial charge is 0.494 e. The van der Waals surface area contributed by atoms with E-state index in [1.807, 2.05) is 32.2 Å². The maximum absolute atomic E-state index is 5.53. The minimum atomic E-state index is 0.698. The van der Waals surface area contributed by atoms with Gasteiger partial charge in [0.25, 0.3) is 0 Å². The van der Waals surface area contributed by atoms with E-state index < -0.39 is 0 Å². The normalized spacial score (nSPS) is 11.1. The molecule has 0 unspecified atom stereocenters. The number of hydrogen-bond acceptors (Lipinski definition) is 2. The Balaban J connectivity index is 2.40. The van der Waals surface area contributed by atoms with E-state index in [1.54, 1.807) is 0 Å². The first-order chi connectivity index (χ1) is 10.7. The van der Waals surface area contributed by atoms with Crippen LogP contribution in [0.3, 0.4) is 0 Å². The minimum Gasteiger partial charge on any atom is -0.494 e. The second-order valence-electron chi connectivity index (χ2n) is 5.16. The van der Waals surface area contributed by atoms with Crippen LogP contribution < -0.4 is 10.1 Å². The van der Waals surface area contributed by atoms with Crippen molar-refractivity contribution in [2.45, 2.75) is 26.2 Å². The fraction of sp³-hybridized carbons (Fsp3) is 0.500. The van der Waals surface area contributed by atoms with Crippen molar-refractivity contribution in [1.29, 1.82) is 0 Å². The Kier molecular flexibility index (Phi) is 8.80. The number of aliphatic imine (C=N–C) groups is 1. The van der Waals surface area contributed by atoms with Crippen LogP contribution in [0.25, 0.3) is 0 Å². The molecule has 0 bridgehead atoms. The number of allylic oxidation sites excluding steroid dienone is 1. The van der Waals surface area contributed by atoms with E-state index in [0.29, 0.717) is 6.61 Å². The summed E-state index contributed by atoms with van der Waals surface area (Å²) in [5.41, 5.74) is 1.27. The van der Waals surface area contributed by atoms with Gasteiger partial charge in [-0.15, -0.1) is 6.58 Å². The van der Waals surface area contributed by atoms with Crippen molar-refractivity contribution in [3.05, 3.63) is 42.5 Å². The van der Waals surface area contributed by atoms with Gasteiger partial charge in [-0.3, -0.25) is 4.99 Å². The van der Waals surface area contributed by atoms with Gasteiger partial charge in [0.15, 0.2) is 5.96 Å². The lowest BCUT2D eigenvalue weighted by atomic mass is 10.1. The van der Waals surface area contributed by atoms with Gasteiger partial charge >= 0.3 is 0 Å². The standard InChI is InChI=1S/C18H29N3O/c1-5-7-8-14-21(4)18(19-3)20-13-12-16-10-9-11-17(15-16)22-6-2/h5,9-11,15H,1,6-8,12-14H2,2-4H3,(H,19,20). The fourth-order valence-electron chi connectivity index (χ4n) is 2.24. The Morgan fingerprint density at radius 1 is 1.45 bits per heavy atom. The summed E-state index contributed by atoms with van der Waals surface area (Å²) in [6.07, 6.45) is 5.03. The third-order valence-electron chi connectivity index (χ3n) is 3.38. The maximum Gasteiger partial charge on any atom is 0.193 e. The molecule has 1 rings (SSSR count). The lowest BCUT2D eigenvalue weighted by Gasteiger charge is -2.21. The first kappa shape index (κ1) is 18.1. The van der Waals surface area contributed by atoms with Crippen molar-refractivity contribution in [3.63, 3.8) is 0 Å². The highest BCUT2D eigenvalue weighted by Gasteiger charge is 2.04. The van der Waals surface area contributed by atoms with E-state index in [9.17, 15) is 0 Å². The third kappa shape index (κ3) is 6.66. The van der Waals surface area contributed by atoms with E-state index in [2.05, 4.69) is 41.0 Å². The molecule has 22 heavy (non-hydrogen) atoms. The number of nitrogens with one attached hydrogen (secondary N) is 1. The van der Waals surface area contributed by atoms with Gasteiger partial charge in [0, 0.05) is 27.2 Å². The summed E-state index contributed by atoms with van der Waals surface area (Å²) >= 11 is 0. The summed E-state index contributed by atoms with van der Waals surface area (Å²) in [6, 6.07) is 8.26.